The Bertz CT molecular complexity index is 852. The van der Waals surface area contributed by atoms with E-state index in [2.05, 4.69) is 15.3 Å². The van der Waals surface area contributed by atoms with Gasteiger partial charge in [0, 0.05) is 30.6 Å². The third-order valence-corrected chi connectivity index (χ3v) is 3.40. The zero-order valence-electron chi connectivity index (χ0n) is 13.2. The molecule has 2 heterocycles. The maximum Gasteiger partial charge on any atom is 0.261 e. The van der Waals surface area contributed by atoms with Crippen LogP contribution in [0.3, 0.4) is 0 Å². The Morgan fingerprint density at radius 1 is 1.08 bits per heavy atom. The normalized spacial score (nSPS) is 10.5. The van der Waals surface area contributed by atoms with Crippen molar-refractivity contribution >= 4 is 22.5 Å². The molecule has 0 unspecified atom stereocenters. The summed E-state index contributed by atoms with van der Waals surface area (Å²) in [6.45, 7) is 0.755. The molecular formula is C18H17N3O3. The van der Waals surface area contributed by atoms with E-state index in [0.717, 1.165) is 10.9 Å². The van der Waals surface area contributed by atoms with Crippen LogP contribution in [0, 0.1) is 0 Å². The van der Waals surface area contributed by atoms with Gasteiger partial charge in [0.1, 0.15) is 12.2 Å². The van der Waals surface area contributed by atoms with Crippen LogP contribution in [0.25, 0.3) is 10.9 Å². The number of anilines is 1. The first-order chi connectivity index (χ1) is 11.8. The Kier molecular flexibility index (Phi) is 4.98. The molecule has 0 saturated carbocycles. The van der Waals surface area contributed by atoms with Crippen LogP contribution >= 0.6 is 0 Å². The van der Waals surface area contributed by atoms with E-state index in [4.69, 9.17) is 9.47 Å². The molecule has 0 aliphatic carbocycles. The van der Waals surface area contributed by atoms with Gasteiger partial charge in [-0.05, 0) is 36.4 Å². The van der Waals surface area contributed by atoms with Crippen LogP contribution in [0.4, 0.5) is 5.69 Å². The number of amides is 1. The number of aromatic nitrogens is 2. The summed E-state index contributed by atoms with van der Waals surface area (Å²) in [7, 11) is 1.59. The van der Waals surface area contributed by atoms with Crippen LogP contribution < -0.4 is 10.1 Å². The predicted octanol–water partition coefficient (Wildman–Crippen LogP) is 2.91. The number of pyridine rings is 2. The number of carbonyl (C=O) groups excluding carboxylic acids is 1. The van der Waals surface area contributed by atoms with E-state index < -0.39 is 0 Å². The molecular weight excluding hydrogens is 306 g/mol. The zero-order chi connectivity index (χ0) is 16.8. The molecule has 6 nitrogen and oxygen atoms in total. The molecule has 24 heavy (non-hydrogen) atoms. The maximum atomic E-state index is 12.5. The Labute approximate surface area is 139 Å². The number of hydrogen-bond acceptors (Lipinski definition) is 5. The number of hydrogen-bond donors (Lipinski definition) is 1. The molecule has 1 N–H and O–H groups in total. The Morgan fingerprint density at radius 3 is 2.79 bits per heavy atom. The number of rotatable bonds is 6. The lowest BCUT2D eigenvalue weighted by molar-refractivity contribution is 0.101. The lowest BCUT2D eigenvalue weighted by Crippen LogP contribution is -2.15. The van der Waals surface area contributed by atoms with Gasteiger partial charge < -0.3 is 14.8 Å². The number of ether oxygens (including phenoxy) is 2. The summed E-state index contributed by atoms with van der Waals surface area (Å²) < 4.78 is 10.4. The second-order valence-electron chi connectivity index (χ2n) is 5.06. The summed E-state index contributed by atoms with van der Waals surface area (Å²) in [5.41, 5.74) is 1.94. The lowest BCUT2D eigenvalue weighted by Gasteiger charge is -2.10. The van der Waals surface area contributed by atoms with Gasteiger partial charge in [0.25, 0.3) is 5.91 Å². The summed E-state index contributed by atoms with van der Waals surface area (Å²) in [5.74, 6) is 0.00765. The molecule has 122 valence electrons. The standard InChI is InChI=1S/C18H17N3O3/c1-23-10-11-24-18-15(5-3-9-20-18)17(22)21-14-6-7-16-13(12-14)4-2-8-19-16/h2-9,12H,10-11H2,1H3,(H,21,22). The third kappa shape index (κ3) is 3.67. The van der Waals surface area contributed by atoms with Gasteiger partial charge in [0.15, 0.2) is 0 Å². The van der Waals surface area contributed by atoms with Gasteiger partial charge in [-0.2, -0.15) is 0 Å². The Balaban J connectivity index is 1.78. The van der Waals surface area contributed by atoms with Crippen molar-refractivity contribution in [2.75, 3.05) is 25.6 Å². The van der Waals surface area contributed by atoms with E-state index in [1.54, 1.807) is 31.6 Å². The van der Waals surface area contributed by atoms with Gasteiger partial charge in [-0.25, -0.2) is 4.98 Å². The molecule has 3 rings (SSSR count). The highest BCUT2D eigenvalue weighted by atomic mass is 16.5. The van der Waals surface area contributed by atoms with Gasteiger partial charge in [0.2, 0.25) is 5.88 Å². The smallest absolute Gasteiger partial charge is 0.261 e. The number of fused-ring (bicyclic) bond motifs is 1. The maximum absolute atomic E-state index is 12.5. The molecule has 0 saturated heterocycles. The van der Waals surface area contributed by atoms with E-state index in [1.165, 1.54) is 0 Å². The monoisotopic (exact) mass is 323 g/mol. The van der Waals surface area contributed by atoms with Crippen molar-refractivity contribution in [2.24, 2.45) is 0 Å². The third-order valence-electron chi connectivity index (χ3n) is 3.40. The molecule has 0 radical (unpaired) electrons. The minimum atomic E-state index is -0.279. The van der Waals surface area contributed by atoms with Crippen molar-refractivity contribution in [3.63, 3.8) is 0 Å². The predicted molar refractivity (Wildman–Crippen MR) is 91.3 cm³/mol. The summed E-state index contributed by atoms with van der Waals surface area (Å²) in [5, 5.41) is 3.82. The van der Waals surface area contributed by atoms with Crippen molar-refractivity contribution < 1.29 is 14.3 Å². The molecule has 0 aliphatic rings. The SMILES string of the molecule is COCCOc1ncccc1C(=O)Nc1ccc2ncccc2c1. The Hall–Kier alpha value is -2.99. The quantitative estimate of drug-likeness (QED) is 0.706. The van der Waals surface area contributed by atoms with Crippen molar-refractivity contribution in [1.82, 2.24) is 9.97 Å². The second-order valence-corrected chi connectivity index (χ2v) is 5.06. The molecule has 6 heteroatoms. The number of nitrogens with one attached hydrogen (secondary N) is 1. The molecule has 0 bridgehead atoms. The average Bonchev–Trinajstić information content (AvgIpc) is 2.62. The molecule has 0 fully saturated rings. The lowest BCUT2D eigenvalue weighted by atomic mass is 10.2. The first-order valence-electron chi connectivity index (χ1n) is 7.51. The number of carbonyl (C=O) groups is 1. The van der Waals surface area contributed by atoms with Gasteiger partial charge in [0.05, 0.1) is 12.1 Å². The number of methoxy groups -OCH3 is 1. The van der Waals surface area contributed by atoms with E-state index in [-0.39, 0.29) is 11.8 Å². The highest BCUT2D eigenvalue weighted by molar-refractivity contribution is 6.06. The van der Waals surface area contributed by atoms with Crippen molar-refractivity contribution in [3.8, 4) is 5.88 Å². The summed E-state index contributed by atoms with van der Waals surface area (Å²) in [4.78, 5) is 20.9. The van der Waals surface area contributed by atoms with Crippen LogP contribution in [-0.2, 0) is 4.74 Å². The van der Waals surface area contributed by atoms with Crippen LogP contribution in [-0.4, -0.2) is 36.2 Å². The van der Waals surface area contributed by atoms with E-state index in [0.29, 0.717) is 24.5 Å². The van der Waals surface area contributed by atoms with Crippen LogP contribution in [0.2, 0.25) is 0 Å². The first kappa shape index (κ1) is 15.9. The van der Waals surface area contributed by atoms with E-state index in [9.17, 15) is 4.79 Å². The molecule has 1 amide bonds. The highest BCUT2D eigenvalue weighted by Crippen LogP contribution is 2.20. The van der Waals surface area contributed by atoms with Crippen LogP contribution in [0.5, 0.6) is 5.88 Å². The minimum Gasteiger partial charge on any atom is -0.475 e. The first-order valence-corrected chi connectivity index (χ1v) is 7.51. The fraction of sp³-hybridized carbons (Fsp3) is 0.167. The van der Waals surface area contributed by atoms with Crippen molar-refractivity contribution in [3.05, 3.63) is 60.4 Å². The zero-order valence-corrected chi connectivity index (χ0v) is 13.2. The van der Waals surface area contributed by atoms with Gasteiger partial charge in [-0.3, -0.25) is 9.78 Å². The molecule has 0 atom stereocenters. The Morgan fingerprint density at radius 2 is 1.92 bits per heavy atom. The van der Waals surface area contributed by atoms with E-state index in [1.807, 2.05) is 30.3 Å². The van der Waals surface area contributed by atoms with Crippen molar-refractivity contribution in [1.29, 1.82) is 0 Å². The topological polar surface area (TPSA) is 73.3 Å². The molecule has 0 aliphatic heterocycles. The number of benzene rings is 1. The largest absolute Gasteiger partial charge is 0.475 e. The van der Waals surface area contributed by atoms with Gasteiger partial charge in [-0.1, -0.05) is 6.07 Å². The summed E-state index contributed by atoms with van der Waals surface area (Å²) >= 11 is 0. The average molecular weight is 323 g/mol. The van der Waals surface area contributed by atoms with Crippen molar-refractivity contribution in [2.45, 2.75) is 0 Å². The molecule has 0 spiro atoms. The minimum absolute atomic E-state index is 0.279. The summed E-state index contributed by atoms with van der Waals surface area (Å²) in [6, 6.07) is 12.7. The molecule has 3 aromatic rings. The molecule has 1 aromatic carbocycles. The van der Waals surface area contributed by atoms with Crippen LogP contribution in [0.1, 0.15) is 10.4 Å². The fourth-order valence-corrected chi connectivity index (χ4v) is 2.25. The second kappa shape index (κ2) is 7.52. The summed E-state index contributed by atoms with van der Waals surface area (Å²) in [6.07, 6.45) is 3.32. The molecule has 2 aromatic heterocycles. The fourth-order valence-electron chi connectivity index (χ4n) is 2.25. The van der Waals surface area contributed by atoms with Crippen LogP contribution in [0.15, 0.2) is 54.9 Å². The highest BCUT2D eigenvalue weighted by Gasteiger charge is 2.14. The van der Waals surface area contributed by atoms with E-state index >= 15 is 0 Å². The van der Waals surface area contributed by atoms with Gasteiger partial charge in [-0.15, -0.1) is 0 Å². The number of nitrogens with zero attached hydrogens (tertiary/aromatic N) is 2. The van der Waals surface area contributed by atoms with Gasteiger partial charge >= 0.3 is 0 Å².